The SMILES string of the molecule is CC(C)O/C(=N/C(=O)Nc1ccc(Oc2ncc(Br)cn2)c(Cl)c1)c1ccccc1[N+](=O)[O-]. The number of nitrogens with zero attached hydrogens (tertiary/aromatic N) is 4. The molecule has 0 unspecified atom stereocenters. The van der Waals surface area contributed by atoms with E-state index in [2.05, 4.69) is 36.2 Å². The van der Waals surface area contributed by atoms with E-state index in [4.69, 9.17) is 21.1 Å². The summed E-state index contributed by atoms with van der Waals surface area (Å²) in [7, 11) is 0. The maximum absolute atomic E-state index is 12.5. The van der Waals surface area contributed by atoms with Crippen molar-refractivity contribution >= 4 is 50.8 Å². The van der Waals surface area contributed by atoms with Crippen molar-refractivity contribution in [1.29, 1.82) is 0 Å². The third-order valence-electron chi connectivity index (χ3n) is 3.86. The molecule has 1 heterocycles. The van der Waals surface area contributed by atoms with E-state index in [9.17, 15) is 14.9 Å². The van der Waals surface area contributed by atoms with Crippen molar-refractivity contribution in [2.24, 2.45) is 4.99 Å². The topological polar surface area (TPSA) is 129 Å². The summed E-state index contributed by atoms with van der Waals surface area (Å²) in [5.41, 5.74) is 0.177. The van der Waals surface area contributed by atoms with Gasteiger partial charge in [-0.05, 0) is 54.0 Å². The predicted octanol–water partition coefficient (Wildman–Crippen LogP) is 6.00. The van der Waals surface area contributed by atoms with E-state index in [1.807, 2.05) is 0 Å². The number of amides is 2. The average molecular weight is 535 g/mol. The van der Waals surface area contributed by atoms with Crippen LogP contribution in [0.2, 0.25) is 5.02 Å². The lowest BCUT2D eigenvalue weighted by Gasteiger charge is -2.13. The van der Waals surface area contributed by atoms with Crippen molar-refractivity contribution in [2.45, 2.75) is 20.0 Å². The van der Waals surface area contributed by atoms with E-state index < -0.39 is 11.0 Å². The highest BCUT2D eigenvalue weighted by Crippen LogP contribution is 2.30. The maximum Gasteiger partial charge on any atom is 0.348 e. The largest absolute Gasteiger partial charge is 0.474 e. The highest BCUT2D eigenvalue weighted by atomic mass is 79.9. The number of benzene rings is 2. The van der Waals surface area contributed by atoms with Crippen molar-refractivity contribution in [3.63, 3.8) is 0 Å². The van der Waals surface area contributed by atoms with E-state index in [0.717, 1.165) is 0 Å². The number of carbonyl (C=O) groups is 1. The molecular formula is C21H17BrClN5O5. The normalized spacial score (nSPS) is 11.2. The van der Waals surface area contributed by atoms with Crippen molar-refractivity contribution in [3.8, 4) is 11.8 Å². The molecule has 1 aromatic heterocycles. The van der Waals surface area contributed by atoms with Crippen molar-refractivity contribution in [1.82, 2.24) is 9.97 Å². The van der Waals surface area contributed by atoms with Gasteiger partial charge in [-0.3, -0.25) is 10.1 Å². The van der Waals surface area contributed by atoms with Crippen LogP contribution in [0.1, 0.15) is 19.4 Å². The molecule has 2 aromatic carbocycles. The second-order valence-corrected chi connectivity index (χ2v) is 8.04. The van der Waals surface area contributed by atoms with Crippen LogP contribution in [-0.4, -0.2) is 32.9 Å². The van der Waals surface area contributed by atoms with Gasteiger partial charge in [0.2, 0.25) is 5.90 Å². The molecule has 2 amide bonds. The quantitative estimate of drug-likeness (QED) is 0.178. The van der Waals surface area contributed by atoms with Crippen LogP contribution in [0.3, 0.4) is 0 Å². The molecule has 0 spiro atoms. The summed E-state index contributed by atoms with van der Waals surface area (Å²) < 4.78 is 11.8. The Labute approximate surface area is 201 Å². The van der Waals surface area contributed by atoms with Gasteiger partial charge in [-0.2, -0.15) is 4.99 Å². The Morgan fingerprint density at radius 1 is 1.21 bits per heavy atom. The number of aromatic nitrogens is 2. The molecule has 1 N–H and O–H groups in total. The minimum Gasteiger partial charge on any atom is -0.474 e. The van der Waals surface area contributed by atoms with Gasteiger partial charge in [0.25, 0.3) is 5.69 Å². The molecule has 0 aliphatic heterocycles. The molecule has 10 nitrogen and oxygen atoms in total. The minimum absolute atomic E-state index is 0.0858. The number of nitro groups is 1. The van der Waals surface area contributed by atoms with Crippen molar-refractivity contribution < 1.29 is 19.2 Å². The zero-order valence-electron chi connectivity index (χ0n) is 17.4. The Morgan fingerprint density at radius 2 is 1.91 bits per heavy atom. The highest BCUT2D eigenvalue weighted by Gasteiger charge is 2.21. The van der Waals surface area contributed by atoms with E-state index in [0.29, 0.717) is 10.2 Å². The number of anilines is 1. The van der Waals surface area contributed by atoms with Gasteiger partial charge in [0, 0.05) is 24.1 Å². The zero-order chi connectivity index (χ0) is 24.0. The monoisotopic (exact) mass is 533 g/mol. The van der Waals surface area contributed by atoms with Gasteiger partial charge in [0.15, 0.2) is 0 Å². The number of nitrogens with one attached hydrogen (secondary N) is 1. The van der Waals surface area contributed by atoms with E-state index in [1.165, 1.54) is 42.7 Å². The number of ether oxygens (including phenoxy) is 2. The molecule has 0 aliphatic rings. The van der Waals surface area contributed by atoms with Crippen molar-refractivity contribution in [3.05, 3.63) is 80.0 Å². The summed E-state index contributed by atoms with van der Waals surface area (Å²) in [6, 6.07) is 9.69. The highest BCUT2D eigenvalue weighted by molar-refractivity contribution is 9.10. The summed E-state index contributed by atoms with van der Waals surface area (Å²) >= 11 is 9.48. The lowest BCUT2D eigenvalue weighted by Crippen LogP contribution is -2.18. The first-order chi connectivity index (χ1) is 15.7. The minimum atomic E-state index is -0.801. The Balaban J connectivity index is 1.80. The Bertz CT molecular complexity index is 1200. The first-order valence-corrected chi connectivity index (χ1v) is 10.6. The van der Waals surface area contributed by atoms with Gasteiger partial charge >= 0.3 is 12.0 Å². The van der Waals surface area contributed by atoms with Crippen LogP contribution in [-0.2, 0) is 4.74 Å². The fourth-order valence-corrected chi connectivity index (χ4v) is 2.97. The van der Waals surface area contributed by atoms with Gasteiger partial charge in [-0.1, -0.05) is 23.7 Å². The van der Waals surface area contributed by atoms with E-state index >= 15 is 0 Å². The number of rotatable bonds is 6. The number of nitro benzene ring substituents is 1. The third-order valence-corrected chi connectivity index (χ3v) is 4.57. The van der Waals surface area contributed by atoms with Gasteiger partial charge in [0.05, 0.1) is 20.5 Å². The van der Waals surface area contributed by atoms with Crippen molar-refractivity contribution in [2.75, 3.05) is 5.32 Å². The number of carbonyl (C=O) groups excluding carboxylic acids is 1. The first-order valence-electron chi connectivity index (χ1n) is 9.48. The summed E-state index contributed by atoms with van der Waals surface area (Å²) in [5.74, 6) is 0.109. The Kier molecular flexibility index (Phi) is 7.91. The van der Waals surface area contributed by atoms with Crippen LogP contribution in [0.15, 0.2) is 64.3 Å². The molecular weight excluding hydrogens is 518 g/mol. The Morgan fingerprint density at radius 3 is 2.55 bits per heavy atom. The fourth-order valence-electron chi connectivity index (χ4n) is 2.54. The van der Waals surface area contributed by atoms with Crippen LogP contribution in [0, 0.1) is 10.1 Å². The molecule has 0 radical (unpaired) electrons. The van der Waals surface area contributed by atoms with Crippen LogP contribution >= 0.6 is 27.5 Å². The molecule has 0 bridgehead atoms. The number of para-hydroxylation sites is 1. The zero-order valence-corrected chi connectivity index (χ0v) is 19.7. The molecule has 0 atom stereocenters. The molecule has 0 saturated heterocycles. The van der Waals surface area contributed by atoms with Gasteiger partial charge in [-0.25, -0.2) is 14.8 Å². The second kappa shape index (κ2) is 10.8. The molecule has 3 aromatic rings. The third kappa shape index (κ3) is 6.70. The maximum atomic E-state index is 12.5. The molecule has 0 saturated carbocycles. The number of urea groups is 1. The summed E-state index contributed by atoms with van der Waals surface area (Å²) in [4.78, 5) is 35.2. The summed E-state index contributed by atoms with van der Waals surface area (Å²) in [6.45, 7) is 3.44. The van der Waals surface area contributed by atoms with Gasteiger partial charge < -0.3 is 14.8 Å². The molecule has 170 valence electrons. The molecule has 33 heavy (non-hydrogen) atoms. The lowest BCUT2D eigenvalue weighted by molar-refractivity contribution is -0.385. The van der Waals surface area contributed by atoms with Gasteiger partial charge in [-0.15, -0.1) is 0 Å². The summed E-state index contributed by atoms with van der Waals surface area (Å²) in [5, 5.41) is 14.1. The lowest BCUT2D eigenvalue weighted by atomic mass is 10.2. The average Bonchev–Trinajstić information content (AvgIpc) is 2.76. The number of hydrogen-bond acceptors (Lipinski definition) is 7. The van der Waals surface area contributed by atoms with Crippen LogP contribution in [0.25, 0.3) is 0 Å². The van der Waals surface area contributed by atoms with E-state index in [-0.39, 0.29) is 40.0 Å². The standard InChI is InChI=1S/C21H17BrClN5O5/c1-12(2)32-19(15-5-3-4-6-17(15)28(30)31)27-20(29)26-14-7-8-18(16(23)9-14)33-21-24-10-13(22)11-25-21/h3-12H,1-2H3,(H,26,29)/b27-19+. The second-order valence-electron chi connectivity index (χ2n) is 6.72. The fraction of sp³-hybridized carbons (Fsp3) is 0.143. The molecule has 12 heteroatoms. The number of aliphatic imine (C=N–C) groups is 1. The smallest absolute Gasteiger partial charge is 0.348 e. The van der Waals surface area contributed by atoms with E-state index in [1.54, 1.807) is 26.0 Å². The number of hydrogen-bond donors (Lipinski definition) is 1. The first kappa shape index (κ1) is 24.1. The van der Waals surface area contributed by atoms with Crippen LogP contribution in [0.4, 0.5) is 16.2 Å². The summed E-state index contributed by atoms with van der Waals surface area (Å²) in [6.07, 6.45) is 2.68. The van der Waals surface area contributed by atoms with Crippen LogP contribution < -0.4 is 10.1 Å². The predicted molar refractivity (Wildman–Crippen MR) is 126 cm³/mol. The van der Waals surface area contributed by atoms with Crippen LogP contribution in [0.5, 0.6) is 11.8 Å². The Hall–Kier alpha value is -3.57. The molecule has 3 rings (SSSR count). The number of halogens is 2. The molecule has 0 aliphatic carbocycles. The molecule has 0 fully saturated rings. The van der Waals surface area contributed by atoms with Gasteiger partial charge in [0.1, 0.15) is 11.3 Å².